The van der Waals surface area contributed by atoms with E-state index in [0.717, 1.165) is 23.1 Å². The number of hydrogen-bond donors (Lipinski definition) is 2. The van der Waals surface area contributed by atoms with Gasteiger partial charge < -0.3 is 24.6 Å². The van der Waals surface area contributed by atoms with E-state index >= 15 is 0 Å². The maximum atomic E-state index is 13.3. The molecule has 2 heterocycles. The average Bonchev–Trinajstić information content (AvgIpc) is 3.29. The number of esters is 1. The van der Waals surface area contributed by atoms with E-state index < -0.39 is 46.8 Å². The summed E-state index contributed by atoms with van der Waals surface area (Å²) >= 11 is 0.970. The second-order valence-electron chi connectivity index (χ2n) is 9.08. The summed E-state index contributed by atoms with van der Waals surface area (Å²) < 4.78 is 16.6. The number of Topliss-reactive ketones (excluding diaryl/α,β-unsaturated/α-hetero) is 1. The number of benzene rings is 1. The molecule has 186 valence electrons. The Kier molecular flexibility index (Phi) is 7.89. The quantitative estimate of drug-likeness (QED) is 0.295. The number of ketones is 1. The first-order chi connectivity index (χ1) is 15.9. The van der Waals surface area contributed by atoms with Crippen molar-refractivity contribution in [2.75, 3.05) is 12.4 Å². The predicted molar refractivity (Wildman–Crippen MR) is 123 cm³/mol. The van der Waals surface area contributed by atoms with Crippen LogP contribution in [0.25, 0.3) is 0 Å². The lowest BCUT2D eigenvalue weighted by atomic mass is 10.0. The van der Waals surface area contributed by atoms with Gasteiger partial charge in [0.2, 0.25) is 12.1 Å². The number of nitrogens with zero attached hydrogens (tertiary/aromatic N) is 1. The van der Waals surface area contributed by atoms with Crippen LogP contribution in [0.4, 0.5) is 0 Å². The summed E-state index contributed by atoms with van der Waals surface area (Å²) in [5.74, 6) is -2.43. The minimum atomic E-state index is -1.96. The van der Waals surface area contributed by atoms with Crippen LogP contribution in [0.1, 0.15) is 40.5 Å². The lowest BCUT2D eigenvalue weighted by molar-refractivity contribution is -0.212. The van der Waals surface area contributed by atoms with Crippen LogP contribution in [-0.4, -0.2) is 75.0 Å². The normalized spacial score (nSPS) is 25.3. The Morgan fingerprint density at radius 3 is 2.53 bits per heavy atom. The van der Waals surface area contributed by atoms with Gasteiger partial charge in [0.15, 0.2) is 11.2 Å². The number of hydrogen-bond acceptors (Lipinski definition) is 9. The Bertz CT molecular complexity index is 929. The van der Waals surface area contributed by atoms with Gasteiger partial charge in [-0.15, -0.1) is 11.8 Å². The Labute approximate surface area is 202 Å². The van der Waals surface area contributed by atoms with Gasteiger partial charge in [-0.2, -0.15) is 0 Å². The molecule has 1 aromatic rings. The van der Waals surface area contributed by atoms with Crippen molar-refractivity contribution >= 4 is 35.3 Å². The largest absolute Gasteiger partial charge is 0.457 e. The summed E-state index contributed by atoms with van der Waals surface area (Å²) in [6.45, 7) is 6.60. The third-order valence-corrected chi connectivity index (χ3v) is 6.42. The molecule has 0 spiro atoms. The molecule has 2 aliphatic rings. The molecule has 3 rings (SSSR count). The van der Waals surface area contributed by atoms with E-state index in [-0.39, 0.29) is 17.3 Å². The summed E-state index contributed by atoms with van der Waals surface area (Å²) in [6, 6.07) is 8.34. The maximum Gasteiger partial charge on any atom is 0.357 e. The van der Waals surface area contributed by atoms with Gasteiger partial charge in [-0.3, -0.25) is 19.3 Å². The van der Waals surface area contributed by atoms with Crippen molar-refractivity contribution in [3.63, 3.8) is 0 Å². The number of aliphatic hydroxyl groups excluding tert-OH is 1. The molecule has 1 aromatic carbocycles. The van der Waals surface area contributed by atoms with Crippen LogP contribution >= 0.6 is 11.8 Å². The van der Waals surface area contributed by atoms with E-state index in [1.54, 1.807) is 51.1 Å². The fraction of sp³-hybridized carbons (Fsp3) is 0.565. The molecular formula is C23H30N2O8S. The number of nitrogens with one attached hydrogen (secondary N) is 1. The van der Waals surface area contributed by atoms with Gasteiger partial charge in [0.25, 0.3) is 11.6 Å². The Balaban J connectivity index is 1.89. The number of para-hydroxylation sites is 1. The van der Waals surface area contributed by atoms with Gasteiger partial charge >= 0.3 is 5.97 Å². The van der Waals surface area contributed by atoms with Crippen molar-refractivity contribution in [3.05, 3.63) is 30.3 Å². The van der Waals surface area contributed by atoms with Crippen LogP contribution in [0.3, 0.4) is 0 Å². The minimum Gasteiger partial charge on any atom is -0.457 e. The minimum absolute atomic E-state index is 0.0837. The molecule has 0 aromatic heterocycles. The fourth-order valence-corrected chi connectivity index (χ4v) is 5.02. The molecule has 11 heteroatoms. The van der Waals surface area contributed by atoms with Crippen LogP contribution in [0.2, 0.25) is 0 Å². The molecule has 2 N–H and O–H groups in total. The van der Waals surface area contributed by atoms with Crippen LogP contribution in [0.5, 0.6) is 5.75 Å². The monoisotopic (exact) mass is 494 g/mol. The van der Waals surface area contributed by atoms with Crippen molar-refractivity contribution in [1.82, 2.24) is 10.2 Å². The zero-order valence-corrected chi connectivity index (χ0v) is 20.4. The van der Waals surface area contributed by atoms with Gasteiger partial charge in [0.05, 0.1) is 5.75 Å². The predicted octanol–water partition coefficient (Wildman–Crippen LogP) is 1.21. The molecule has 0 radical (unpaired) electrons. The van der Waals surface area contributed by atoms with Crippen LogP contribution in [0, 0.1) is 0 Å². The number of likely N-dealkylation sites (tertiary alicyclic amines) is 1. The van der Waals surface area contributed by atoms with Crippen molar-refractivity contribution in [2.24, 2.45) is 0 Å². The highest BCUT2D eigenvalue weighted by Gasteiger charge is 2.67. The molecule has 2 saturated heterocycles. The van der Waals surface area contributed by atoms with E-state index in [4.69, 9.17) is 14.2 Å². The first-order valence-corrected chi connectivity index (χ1v) is 12.0. The molecule has 4 atom stereocenters. The molecule has 2 unspecified atom stereocenters. The topological polar surface area (TPSA) is 131 Å². The standard InChI is InChI=1S/C23H30N2O8S/c1-14(26)24-23(32-15-9-6-5-7-10-15)20(30)25(18(28)19(29)33-22(2,3)4)21(23)34-13-16(27)17-11-8-12-31-17/h5-7,9-10,17-18,21,28H,8,11-13H2,1-4H3,(H,24,26)/t17?,18?,21-,23-/m1/s1. The molecular weight excluding hydrogens is 464 g/mol. The van der Waals surface area contributed by atoms with Gasteiger partial charge in [-0.1, -0.05) is 18.2 Å². The van der Waals surface area contributed by atoms with E-state index in [2.05, 4.69) is 5.32 Å². The molecule has 2 aliphatic heterocycles. The Morgan fingerprint density at radius 2 is 1.97 bits per heavy atom. The molecule has 34 heavy (non-hydrogen) atoms. The lowest BCUT2D eigenvalue weighted by Crippen LogP contribution is -2.83. The first kappa shape index (κ1) is 26.0. The number of carbonyl (C=O) groups is 4. The van der Waals surface area contributed by atoms with Gasteiger partial charge in [-0.05, 0) is 45.7 Å². The van der Waals surface area contributed by atoms with Crippen molar-refractivity contribution in [1.29, 1.82) is 0 Å². The number of rotatable bonds is 9. The highest BCUT2D eigenvalue weighted by atomic mass is 32.2. The Hall–Kier alpha value is -2.63. The van der Waals surface area contributed by atoms with Crippen molar-refractivity contribution in [2.45, 2.75) is 69.6 Å². The van der Waals surface area contributed by atoms with Gasteiger partial charge in [0.1, 0.15) is 17.5 Å². The maximum absolute atomic E-state index is 13.3. The van der Waals surface area contributed by atoms with Crippen LogP contribution < -0.4 is 10.1 Å². The van der Waals surface area contributed by atoms with E-state index in [1.165, 1.54) is 6.92 Å². The van der Waals surface area contributed by atoms with Gasteiger partial charge in [0, 0.05) is 13.5 Å². The zero-order chi connectivity index (χ0) is 25.1. The third kappa shape index (κ3) is 5.70. The number of thioether (sulfide) groups is 1. The summed E-state index contributed by atoms with van der Waals surface area (Å²) in [4.78, 5) is 51.4. The van der Waals surface area contributed by atoms with Crippen molar-refractivity contribution in [3.8, 4) is 5.75 Å². The molecule has 0 saturated carbocycles. The smallest absolute Gasteiger partial charge is 0.357 e. The number of ether oxygens (including phenoxy) is 3. The number of β-lactam (4-membered cyclic amide) rings is 1. The lowest BCUT2D eigenvalue weighted by Gasteiger charge is -2.54. The summed E-state index contributed by atoms with van der Waals surface area (Å²) in [6.07, 6.45) is -1.12. The van der Waals surface area contributed by atoms with Crippen molar-refractivity contribution < 1.29 is 38.5 Å². The number of carbonyl (C=O) groups excluding carboxylic acids is 4. The van der Waals surface area contributed by atoms with Gasteiger partial charge in [-0.25, -0.2) is 4.79 Å². The summed E-state index contributed by atoms with van der Waals surface area (Å²) in [5.41, 5.74) is -2.84. The average molecular weight is 495 g/mol. The third-order valence-electron chi connectivity index (χ3n) is 5.09. The Morgan fingerprint density at radius 1 is 1.29 bits per heavy atom. The second kappa shape index (κ2) is 10.3. The first-order valence-electron chi connectivity index (χ1n) is 11.0. The zero-order valence-electron chi connectivity index (χ0n) is 19.6. The second-order valence-corrected chi connectivity index (χ2v) is 10.2. The molecule has 2 fully saturated rings. The highest BCUT2D eigenvalue weighted by Crippen LogP contribution is 2.42. The number of aliphatic hydroxyl groups is 1. The SMILES string of the molecule is CC(=O)N[C@@]1(Oc2ccccc2)C(=O)N(C(O)C(=O)OC(C)(C)C)[C@@H]1SCC(=O)C1CCCO1. The van der Waals surface area contributed by atoms with Crippen LogP contribution in [-0.2, 0) is 28.7 Å². The molecule has 0 bridgehead atoms. The number of amides is 2. The fourth-order valence-electron chi connectivity index (χ4n) is 3.69. The summed E-state index contributed by atoms with van der Waals surface area (Å²) in [5, 5.41) is 12.1. The molecule has 10 nitrogen and oxygen atoms in total. The van der Waals surface area contributed by atoms with E-state index in [9.17, 15) is 24.3 Å². The van der Waals surface area contributed by atoms with E-state index in [0.29, 0.717) is 13.0 Å². The highest BCUT2D eigenvalue weighted by molar-refractivity contribution is 8.00. The summed E-state index contributed by atoms with van der Waals surface area (Å²) in [7, 11) is 0. The molecule has 2 amide bonds. The molecule has 0 aliphatic carbocycles. The van der Waals surface area contributed by atoms with Crippen LogP contribution in [0.15, 0.2) is 30.3 Å². The van der Waals surface area contributed by atoms with E-state index in [1.807, 2.05) is 0 Å².